The van der Waals surface area contributed by atoms with Gasteiger partial charge in [0, 0.05) is 12.2 Å². The van der Waals surface area contributed by atoms with Crippen molar-refractivity contribution in [2.75, 3.05) is 5.32 Å². The minimum Gasteiger partial charge on any atom is -0.367 e. The molecule has 21 heavy (non-hydrogen) atoms. The van der Waals surface area contributed by atoms with Gasteiger partial charge in [-0.25, -0.2) is 4.98 Å². The largest absolute Gasteiger partial charge is 0.367 e. The fourth-order valence-corrected chi connectivity index (χ4v) is 3.32. The Morgan fingerprint density at radius 1 is 1.29 bits per heavy atom. The number of pyridine rings is 1. The van der Waals surface area contributed by atoms with Crippen LogP contribution in [-0.4, -0.2) is 15.4 Å². The van der Waals surface area contributed by atoms with Crippen LogP contribution in [-0.2, 0) is 6.42 Å². The van der Waals surface area contributed by atoms with Gasteiger partial charge in [0.1, 0.15) is 11.5 Å². The van der Waals surface area contributed by atoms with E-state index in [1.54, 1.807) is 0 Å². The topological polar surface area (TPSA) is 29.3 Å². The van der Waals surface area contributed by atoms with E-state index in [1.165, 1.54) is 49.2 Å². The van der Waals surface area contributed by atoms with Crippen LogP contribution in [0.15, 0.2) is 18.3 Å². The summed E-state index contributed by atoms with van der Waals surface area (Å²) in [6, 6.07) is 4.96. The molecular weight excluding hydrogens is 258 g/mol. The Kier molecular flexibility index (Phi) is 4.18. The average Bonchev–Trinajstić information content (AvgIpc) is 2.76. The first-order chi connectivity index (χ1) is 10.1. The Morgan fingerprint density at radius 3 is 2.76 bits per heavy atom. The molecule has 1 aliphatic rings. The summed E-state index contributed by atoms with van der Waals surface area (Å²) in [7, 11) is 0. The summed E-state index contributed by atoms with van der Waals surface area (Å²) in [5, 5.41) is 3.80. The summed E-state index contributed by atoms with van der Waals surface area (Å²) in [6.07, 6.45) is 9.88. The number of anilines is 1. The van der Waals surface area contributed by atoms with E-state index in [4.69, 9.17) is 4.98 Å². The predicted molar refractivity (Wildman–Crippen MR) is 89.0 cm³/mol. The van der Waals surface area contributed by atoms with E-state index in [0.29, 0.717) is 12.0 Å². The van der Waals surface area contributed by atoms with Crippen molar-refractivity contribution in [1.82, 2.24) is 9.38 Å². The first-order valence-electron chi connectivity index (χ1n) is 8.37. The van der Waals surface area contributed by atoms with E-state index >= 15 is 0 Å². The molecule has 0 spiro atoms. The quantitative estimate of drug-likeness (QED) is 0.890. The second-order valence-electron chi connectivity index (χ2n) is 6.92. The Morgan fingerprint density at radius 2 is 2.05 bits per heavy atom. The van der Waals surface area contributed by atoms with Crippen molar-refractivity contribution in [2.24, 2.45) is 5.92 Å². The highest BCUT2D eigenvalue weighted by Gasteiger charge is 2.19. The van der Waals surface area contributed by atoms with E-state index in [0.717, 1.165) is 12.1 Å². The molecular formula is C18H27N3. The molecule has 2 aromatic rings. The molecule has 0 bridgehead atoms. The van der Waals surface area contributed by atoms with Gasteiger partial charge in [0.2, 0.25) is 0 Å². The van der Waals surface area contributed by atoms with Crippen molar-refractivity contribution in [3.8, 4) is 0 Å². The maximum absolute atomic E-state index is 4.88. The van der Waals surface area contributed by atoms with Crippen LogP contribution >= 0.6 is 0 Å². The maximum Gasteiger partial charge on any atom is 0.138 e. The highest BCUT2D eigenvalue weighted by atomic mass is 15.1. The SMILES string of the molecule is Cc1ccn2c(NC3CCCCC3)c(CC(C)C)nc2c1. The summed E-state index contributed by atoms with van der Waals surface area (Å²) >= 11 is 0. The second-order valence-corrected chi connectivity index (χ2v) is 6.92. The van der Waals surface area contributed by atoms with Gasteiger partial charge in [0.25, 0.3) is 0 Å². The normalized spacial score (nSPS) is 16.8. The zero-order valence-corrected chi connectivity index (χ0v) is 13.5. The van der Waals surface area contributed by atoms with Gasteiger partial charge in [-0.3, -0.25) is 4.40 Å². The summed E-state index contributed by atoms with van der Waals surface area (Å²) in [5.74, 6) is 1.86. The first kappa shape index (κ1) is 14.4. The second kappa shape index (κ2) is 6.08. The number of aryl methyl sites for hydroxylation is 1. The van der Waals surface area contributed by atoms with Crippen molar-refractivity contribution < 1.29 is 0 Å². The summed E-state index contributed by atoms with van der Waals surface area (Å²) < 4.78 is 2.24. The van der Waals surface area contributed by atoms with E-state index in [9.17, 15) is 0 Å². The van der Waals surface area contributed by atoms with Crippen LogP contribution in [0.5, 0.6) is 0 Å². The zero-order valence-electron chi connectivity index (χ0n) is 13.5. The number of rotatable bonds is 4. The molecule has 114 valence electrons. The minimum absolute atomic E-state index is 0.617. The lowest BCUT2D eigenvalue weighted by atomic mass is 9.95. The molecule has 2 heterocycles. The number of imidazole rings is 1. The molecule has 3 nitrogen and oxygen atoms in total. The van der Waals surface area contributed by atoms with Crippen LogP contribution in [0.4, 0.5) is 5.82 Å². The lowest BCUT2D eigenvalue weighted by Crippen LogP contribution is -2.23. The molecule has 3 rings (SSSR count). The highest BCUT2D eigenvalue weighted by Crippen LogP contribution is 2.26. The number of aromatic nitrogens is 2. The highest BCUT2D eigenvalue weighted by molar-refractivity contribution is 5.56. The van der Waals surface area contributed by atoms with E-state index in [2.05, 4.69) is 48.8 Å². The molecule has 0 saturated heterocycles. The fraction of sp³-hybridized carbons (Fsp3) is 0.611. The van der Waals surface area contributed by atoms with Crippen molar-refractivity contribution in [1.29, 1.82) is 0 Å². The molecule has 0 atom stereocenters. The van der Waals surface area contributed by atoms with Gasteiger partial charge < -0.3 is 5.32 Å². The number of nitrogens with one attached hydrogen (secondary N) is 1. The van der Waals surface area contributed by atoms with E-state index in [-0.39, 0.29) is 0 Å². The van der Waals surface area contributed by atoms with Crippen molar-refractivity contribution >= 4 is 11.5 Å². The van der Waals surface area contributed by atoms with E-state index in [1.807, 2.05) is 0 Å². The van der Waals surface area contributed by atoms with Crippen LogP contribution in [0.25, 0.3) is 5.65 Å². The van der Waals surface area contributed by atoms with Crippen LogP contribution in [0.3, 0.4) is 0 Å². The molecule has 1 aliphatic carbocycles. The molecule has 0 amide bonds. The monoisotopic (exact) mass is 285 g/mol. The molecule has 2 aromatic heterocycles. The Labute approximate surface area is 127 Å². The lowest BCUT2D eigenvalue weighted by Gasteiger charge is -2.24. The molecule has 1 saturated carbocycles. The van der Waals surface area contributed by atoms with Crippen LogP contribution in [0.1, 0.15) is 57.2 Å². The number of fused-ring (bicyclic) bond motifs is 1. The number of hydrogen-bond donors (Lipinski definition) is 1. The minimum atomic E-state index is 0.617. The third kappa shape index (κ3) is 3.22. The smallest absolute Gasteiger partial charge is 0.138 e. The maximum atomic E-state index is 4.88. The Bertz CT molecular complexity index is 606. The fourth-order valence-electron chi connectivity index (χ4n) is 3.32. The van der Waals surface area contributed by atoms with Crippen LogP contribution < -0.4 is 5.32 Å². The molecule has 0 aromatic carbocycles. The van der Waals surface area contributed by atoms with Gasteiger partial charge in [-0.05, 0) is 49.8 Å². The standard InChI is InChI=1S/C18H27N3/c1-13(2)11-16-18(19-15-7-5-4-6-8-15)21-10-9-14(3)12-17(21)20-16/h9-10,12-13,15,19H,4-8,11H2,1-3H3. The lowest BCUT2D eigenvalue weighted by molar-refractivity contribution is 0.461. The molecule has 0 unspecified atom stereocenters. The molecule has 0 radical (unpaired) electrons. The van der Waals surface area contributed by atoms with Crippen LogP contribution in [0.2, 0.25) is 0 Å². The van der Waals surface area contributed by atoms with Gasteiger partial charge in [-0.15, -0.1) is 0 Å². The third-order valence-corrected chi connectivity index (χ3v) is 4.40. The Hall–Kier alpha value is -1.51. The van der Waals surface area contributed by atoms with Crippen molar-refractivity contribution in [2.45, 2.75) is 65.3 Å². The zero-order chi connectivity index (χ0) is 14.8. The first-order valence-corrected chi connectivity index (χ1v) is 8.37. The molecule has 1 N–H and O–H groups in total. The van der Waals surface area contributed by atoms with E-state index < -0.39 is 0 Å². The van der Waals surface area contributed by atoms with Crippen molar-refractivity contribution in [3.05, 3.63) is 29.6 Å². The molecule has 1 fully saturated rings. The number of nitrogens with zero attached hydrogens (tertiary/aromatic N) is 2. The summed E-state index contributed by atoms with van der Waals surface area (Å²) in [6.45, 7) is 6.66. The molecule has 0 aliphatic heterocycles. The summed E-state index contributed by atoms with van der Waals surface area (Å²) in [5.41, 5.74) is 3.57. The predicted octanol–water partition coefficient (Wildman–Crippen LogP) is 4.59. The van der Waals surface area contributed by atoms with Gasteiger partial charge in [-0.1, -0.05) is 33.1 Å². The Balaban J connectivity index is 1.95. The summed E-state index contributed by atoms with van der Waals surface area (Å²) in [4.78, 5) is 4.88. The molecule has 3 heteroatoms. The number of hydrogen-bond acceptors (Lipinski definition) is 2. The van der Waals surface area contributed by atoms with Crippen LogP contribution in [0, 0.1) is 12.8 Å². The third-order valence-electron chi connectivity index (χ3n) is 4.40. The van der Waals surface area contributed by atoms with Gasteiger partial charge in [0.05, 0.1) is 5.69 Å². The van der Waals surface area contributed by atoms with Gasteiger partial charge in [0.15, 0.2) is 0 Å². The van der Waals surface area contributed by atoms with Gasteiger partial charge in [-0.2, -0.15) is 0 Å². The average molecular weight is 285 g/mol. The van der Waals surface area contributed by atoms with Gasteiger partial charge >= 0.3 is 0 Å². The van der Waals surface area contributed by atoms with Crippen molar-refractivity contribution in [3.63, 3.8) is 0 Å².